The summed E-state index contributed by atoms with van der Waals surface area (Å²) in [7, 11) is -1.60. The SMILES string of the molecule is COc1ccc(CNc2nc(-c3ccc(F)cc3)c(-c3cc(C)nc(C(F)(F)F)c3)c3nccnc23)c(OC)c1.CSc1nc(-c2ccc(F)cc2)c(-c2cc(C)nc(C(F)(F)F)c2)c2nccnc12.CSc1nc(-c2ccc(F)cc2)c(Br)c2nccnc12.Cc1cc(-c2c(-c3ccc(F)cc3)nc(S(C)(=O)=O)c3nccnc23)cc(C(F)(F)F)n1.Cc1cc(B2OC(C)(C)C(C)(C)O2)cc(C(F)(F)F)n1. The zero-order valence-electron chi connectivity index (χ0n) is 76.7. The number of thioether (sulfide) groups is 2. The Labute approximate surface area is 817 Å². The predicted molar refractivity (Wildman–Crippen MR) is 511 cm³/mol. The molecule has 13 heterocycles. The van der Waals surface area contributed by atoms with Crippen LogP contribution in [0, 0.1) is 51.0 Å². The smallest absolute Gasteiger partial charge is 0.494 e. The minimum atomic E-state index is -4.71. The topological polar surface area (TPSA) is 289 Å². The fourth-order valence-electron chi connectivity index (χ4n) is 14.7. The maximum atomic E-state index is 13.8. The van der Waals surface area contributed by atoms with Gasteiger partial charge in [0.15, 0.2) is 20.7 Å². The number of nitrogens with zero attached hydrogens (tertiary/aromatic N) is 16. The molecule has 12 aromatic heterocycles. The summed E-state index contributed by atoms with van der Waals surface area (Å²) in [6, 6.07) is 37.6. The molecule has 44 heteroatoms. The molecule has 730 valence electrons. The summed E-state index contributed by atoms with van der Waals surface area (Å²) in [5, 5.41) is 4.25. The van der Waals surface area contributed by atoms with Gasteiger partial charge in [0.2, 0.25) is 0 Å². The van der Waals surface area contributed by atoms with E-state index in [9.17, 15) is 78.7 Å². The number of nitrogens with one attached hydrogen (secondary N) is 1. The van der Waals surface area contributed by atoms with Gasteiger partial charge < -0.3 is 24.1 Å². The predicted octanol–water partition coefficient (Wildman–Crippen LogP) is 24.4. The van der Waals surface area contributed by atoms with E-state index in [0.717, 1.165) is 80.0 Å². The number of fused-ring (bicyclic) bond motifs is 4. The minimum Gasteiger partial charge on any atom is -0.497 e. The lowest BCUT2D eigenvalue weighted by Crippen LogP contribution is -2.41. The molecule has 1 saturated heterocycles. The van der Waals surface area contributed by atoms with Gasteiger partial charge in [-0.05, 0) is 264 Å². The third kappa shape index (κ3) is 23.6. The number of pyridine rings is 8. The fraction of sp³-hybridized carbons (Fsp3) is 0.204. The number of ether oxygens (including phenoxy) is 2. The van der Waals surface area contributed by atoms with Gasteiger partial charge in [0.1, 0.15) is 112 Å². The van der Waals surface area contributed by atoms with Gasteiger partial charge in [-0.1, -0.05) is 0 Å². The van der Waals surface area contributed by atoms with Crippen molar-refractivity contribution in [3.05, 3.63) is 292 Å². The monoisotopic (exact) mass is 2080 g/mol. The van der Waals surface area contributed by atoms with E-state index >= 15 is 0 Å². The Morgan fingerprint density at radius 1 is 0.380 bits per heavy atom. The molecule has 1 fully saturated rings. The molecule has 1 aliphatic rings. The molecule has 0 spiro atoms. The Kier molecular flexibility index (Phi) is 30.8. The third-order valence-electron chi connectivity index (χ3n) is 21.9. The number of rotatable bonds is 16. The van der Waals surface area contributed by atoms with Crippen LogP contribution in [-0.2, 0) is 50.4 Å². The molecular formula is C98H77BBrF16N17O6S3. The second kappa shape index (κ2) is 42.1. The summed E-state index contributed by atoms with van der Waals surface area (Å²) in [5.74, 6) is -0.145. The van der Waals surface area contributed by atoms with Crippen LogP contribution in [0.3, 0.4) is 0 Å². The van der Waals surface area contributed by atoms with Crippen molar-refractivity contribution in [2.45, 2.75) is 113 Å². The number of sulfone groups is 1. The Bertz CT molecular complexity index is 7720. The van der Waals surface area contributed by atoms with Crippen LogP contribution >= 0.6 is 39.5 Å². The van der Waals surface area contributed by atoms with Crippen LogP contribution in [0.1, 0.15) is 78.8 Å². The second-order valence-electron chi connectivity index (χ2n) is 32.5. The van der Waals surface area contributed by atoms with Crippen LogP contribution in [0.25, 0.3) is 123 Å². The zero-order chi connectivity index (χ0) is 103. The maximum Gasteiger partial charge on any atom is 0.494 e. The summed E-state index contributed by atoms with van der Waals surface area (Å²) < 4.78 is 262. The summed E-state index contributed by atoms with van der Waals surface area (Å²) in [6.45, 7) is 13.6. The van der Waals surface area contributed by atoms with Gasteiger partial charge in [-0.2, -0.15) is 52.7 Å². The van der Waals surface area contributed by atoms with Crippen molar-refractivity contribution in [1.82, 2.24) is 79.7 Å². The quantitative estimate of drug-likeness (QED) is 0.0534. The van der Waals surface area contributed by atoms with Gasteiger partial charge in [0.25, 0.3) is 0 Å². The molecule has 0 aliphatic carbocycles. The number of halogens is 17. The molecule has 5 aromatic carbocycles. The van der Waals surface area contributed by atoms with E-state index in [4.69, 9.17) is 23.8 Å². The largest absolute Gasteiger partial charge is 0.497 e. The first-order chi connectivity index (χ1) is 67.0. The van der Waals surface area contributed by atoms with E-state index in [0.29, 0.717) is 89.1 Å². The normalized spacial score (nSPS) is 13.0. The van der Waals surface area contributed by atoms with Gasteiger partial charge in [-0.15, -0.1) is 23.5 Å². The highest BCUT2D eigenvalue weighted by Crippen LogP contribution is 2.47. The lowest BCUT2D eigenvalue weighted by Gasteiger charge is -2.32. The fourth-order valence-corrected chi connectivity index (χ4v) is 17.2. The first-order valence-corrected chi connectivity index (χ1v) is 47.3. The Balaban J connectivity index is 0.000000144. The number of hydrogen-bond donors (Lipinski definition) is 1. The summed E-state index contributed by atoms with van der Waals surface area (Å²) >= 11 is 6.39. The molecule has 0 atom stereocenters. The molecular weight excluding hydrogens is 2000 g/mol. The van der Waals surface area contributed by atoms with Crippen LogP contribution in [-0.4, -0.2) is 139 Å². The van der Waals surface area contributed by atoms with Crippen molar-refractivity contribution >= 4 is 112 Å². The van der Waals surface area contributed by atoms with E-state index in [1.807, 2.05) is 46.3 Å². The van der Waals surface area contributed by atoms with E-state index in [2.05, 4.69) is 96.0 Å². The van der Waals surface area contributed by atoms with E-state index in [-0.39, 0.29) is 79.1 Å². The van der Waals surface area contributed by atoms with Crippen molar-refractivity contribution in [3.8, 4) is 89.9 Å². The second-order valence-corrected chi connectivity index (χ2v) is 36.8. The highest BCUT2D eigenvalue weighted by molar-refractivity contribution is 9.10. The number of anilines is 1. The molecule has 0 amide bonds. The Morgan fingerprint density at radius 2 is 0.704 bits per heavy atom. The molecule has 142 heavy (non-hydrogen) atoms. The first kappa shape index (κ1) is 104. The molecule has 23 nitrogen and oxygen atoms in total. The van der Waals surface area contributed by atoms with Crippen LogP contribution in [0.4, 0.5) is 76.1 Å². The Morgan fingerprint density at radius 3 is 1.08 bits per heavy atom. The van der Waals surface area contributed by atoms with E-state index in [1.54, 1.807) is 63.0 Å². The average Bonchev–Trinajstić information content (AvgIpc) is 0.993. The summed E-state index contributed by atoms with van der Waals surface area (Å²) in [6.07, 6.45) is -1.99. The highest BCUT2D eigenvalue weighted by Gasteiger charge is 2.52. The number of aryl methyl sites for hydroxylation is 4. The molecule has 18 rings (SSSR count). The van der Waals surface area contributed by atoms with Gasteiger partial charge in [-0.3, -0.25) is 29.9 Å². The maximum absolute atomic E-state index is 13.8. The van der Waals surface area contributed by atoms with Crippen LogP contribution < -0.4 is 20.3 Å². The highest BCUT2D eigenvalue weighted by atomic mass is 79.9. The number of methoxy groups -OCH3 is 2. The lowest BCUT2D eigenvalue weighted by atomic mass is 9.79. The van der Waals surface area contributed by atoms with Crippen LogP contribution in [0.15, 0.2) is 233 Å². The zero-order valence-corrected chi connectivity index (χ0v) is 80.8. The number of aromatic nitrogens is 16. The summed E-state index contributed by atoms with van der Waals surface area (Å²) in [4.78, 5) is 67.3. The van der Waals surface area contributed by atoms with Crippen molar-refractivity contribution in [3.63, 3.8) is 0 Å². The summed E-state index contributed by atoms with van der Waals surface area (Å²) in [5.41, 5.74) is 4.63. The molecule has 0 bridgehead atoms. The molecule has 0 saturated carbocycles. The lowest BCUT2D eigenvalue weighted by molar-refractivity contribution is -0.142. The van der Waals surface area contributed by atoms with Gasteiger partial charge in [-0.25, -0.2) is 75.8 Å². The van der Waals surface area contributed by atoms with Gasteiger partial charge in [0.05, 0.1) is 52.7 Å². The van der Waals surface area contributed by atoms with Gasteiger partial charge in [0, 0.05) is 136 Å². The van der Waals surface area contributed by atoms with Crippen molar-refractivity contribution in [1.29, 1.82) is 0 Å². The van der Waals surface area contributed by atoms with E-state index in [1.165, 1.54) is 173 Å². The van der Waals surface area contributed by atoms with Crippen molar-refractivity contribution < 1.29 is 97.4 Å². The molecule has 1 N–H and O–H groups in total. The minimum absolute atomic E-state index is 0.0251. The first-order valence-electron chi connectivity index (χ1n) is 42.1. The third-order valence-corrected chi connectivity index (χ3v) is 24.9. The number of alkyl halides is 12. The number of hydrogen-bond acceptors (Lipinski definition) is 25. The van der Waals surface area contributed by atoms with Gasteiger partial charge >= 0.3 is 31.8 Å². The molecule has 0 unspecified atom stereocenters. The molecule has 1 aliphatic heterocycles. The van der Waals surface area contributed by atoms with Crippen molar-refractivity contribution in [2.24, 2.45) is 0 Å². The van der Waals surface area contributed by atoms with Crippen LogP contribution in [0.2, 0.25) is 0 Å². The number of benzene rings is 5. The molecule has 17 aromatic rings. The van der Waals surface area contributed by atoms with Crippen LogP contribution in [0.5, 0.6) is 11.5 Å². The average molecular weight is 2080 g/mol. The standard InChI is InChI=1S/C29H23F4N5O2.C21H14F4N4O2S.C21H14F4N4S.C14H9BrFN3S.C13H17BF3NO2/c1-16-12-19(13-23(37-16)29(31,32)33)24-25(17-4-7-20(30)8-5-17)38-28(27-26(24)34-10-11-35-27)36-15-18-6-9-21(39-2)14-22(18)40-3;1-11-9-13(10-15(28-11)21(23,24)25)16-17(12-3-5-14(22)6-4-12)29-20(32(2,30)31)19-18(16)26-7-8-27-19;1-11-9-13(10-15(28-11)21(23,24)25)16-17(12-3-5-14(22)6-4-12)29-20(30-2)19-18(16)26-7-8-27-19;1-20-14-13-12(17-6-7-18-13)10(15)11(19-14)8-2-4-9(16)5-3-8;1-8-6-9(7-10(18-8)13(15,16)17)14-19-11(2,3)12(4,5)20-14/h4-14H,15H2,1-3H3,(H,36,38);3-10H,1-2H3;3-10H,1-2H3;2-7H,1H3;6-7H,1-5H3. The Hall–Kier alpha value is -13.9. The molecule has 0 radical (unpaired) electrons. The van der Waals surface area contributed by atoms with Crippen molar-refractivity contribution in [2.75, 3.05) is 38.3 Å². The van der Waals surface area contributed by atoms with E-state index < -0.39 is 93.1 Å².